The van der Waals surface area contributed by atoms with Gasteiger partial charge in [0, 0.05) is 0 Å². The Morgan fingerprint density at radius 1 is 1.07 bits per heavy atom. The lowest BCUT2D eigenvalue weighted by molar-refractivity contribution is -0.122. The van der Waals surface area contributed by atoms with Crippen molar-refractivity contribution in [2.24, 2.45) is 0 Å². The molecule has 142 valence electrons. The number of hydrogen-bond acceptors (Lipinski definition) is 4. The van der Waals surface area contributed by atoms with Gasteiger partial charge in [0.15, 0.2) is 0 Å². The van der Waals surface area contributed by atoms with E-state index in [1.165, 1.54) is 6.08 Å². The Morgan fingerprint density at radius 2 is 1.79 bits per heavy atom. The van der Waals surface area contributed by atoms with Crippen molar-refractivity contribution in [3.05, 3.63) is 77.4 Å². The number of nitrogens with one attached hydrogen (secondary N) is 1. The van der Waals surface area contributed by atoms with Crippen LogP contribution in [0.25, 0.3) is 6.08 Å². The summed E-state index contributed by atoms with van der Waals surface area (Å²) in [4.78, 5) is 38.5. The van der Waals surface area contributed by atoms with Crippen molar-refractivity contribution in [2.45, 2.75) is 13.8 Å². The average Bonchev–Trinajstić information content (AvgIpc) is 2.66. The second-order valence-corrected chi connectivity index (χ2v) is 6.42. The zero-order valence-corrected chi connectivity index (χ0v) is 15.7. The van der Waals surface area contributed by atoms with Crippen LogP contribution in [0, 0.1) is 13.8 Å². The van der Waals surface area contributed by atoms with E-state index < -0.39 is 17.8 Å². The van der Waals surface area contributed by atoms with Gasteiger partial charge in [-0.15, -0.1) is 0 Å². The topological polar surface area (TPSA) is 75.7 Å². The Labute approximate surface area is 163 Å². The van der Waals surface area contributed by atoms with Crippen LogP contribution in [0.2, 0.25) is 0 Å². The molecule has 6 heteroatoms. The van der Waals surface area contributed by atoms with Crippen molar-refractivity contribution in [2.75, 3.05) is 11.5 Å². The lowest BCUT2D eigenvalue weighted by atomic mass is 10.0. The lowest BCUT2D eigenvalue weighted by Gasteiger charge is -2.27. The van der Waals surface area contributed by atoms with Crippen molar-refractivity contribution < 1.29 is 19.1 Å². The number of barbiturate groups is 1. The SMILES string of the molecule is C=CCOc1ccc(/C=C2\C(=O)NC(=O)N(c3ccc(C)cc3C)C2=O)cc1. The Morgan fingerprint density at radius 3 is 2.43 bits per heavy atom. The Balaban J connectivity index is 1.93. The molecule has 2 aromatic rings. The molecule has 0 atom stereocenters. The number of imide groups is 2. The van der Waals surface area contributed by atoms with E-state index in [-0.39, 0.29) is 5.57 Å². The molecule has 3 rings (SSSR count). The van der Waals surface area contributed by atoms with Gasteiger partial charge in [0.05, 0.1) is 5.69 Å². The molecule has 0 aliphatic carbocycles. The molecular formula is C22H20N2O4. The first-order chi connectivity index (χ1) is 13.4. The molecule has 1 saturated heterocycles. The Hall–Kier alpha value is -3.67. The van der Waals surface area contributed by atoms with Gasteiger partial charge in [-0.3, -0.25) is 14.9 Å². The fourth-order valence-electron chi connectivity index (χ4n) is 2.91. The van der Waals surface area contributed by atoms with Crippen LogP contribution in [-0.4, -0.2) is 24.5 Å². The number of carbonyl (C=O) groups excluding carboxylic acids is 3. The predicted octanol–water partition coefficient (Wildman–Crippen LogP) is 3.53. The zero-order valence-electron chi connectivity index (χ0n) is 15.7. The molecule has 2 aromatic carbocycles. The molecule has 0 bridgehead atoms. The van der Waals surface area contributed by atoms with Crippen LogP contribution in [0.5, 0.6) is 5.75 Å². The van der Waals surface area contributed by atoms with Crippen molar-refractivity contribution in [3.8, 4) is 5.75 Å². The molecule has 0 aromatic heterocycles. The van der Waals surface area contributed by atoms with Crippen LogP contribution in [0.15, 0.2) is 60.7 Å². The van der Waals surface area contributed by atoms with Gasteiger partial charge in [-0.05, 0) is 49.2 Å². The number of amides is 4. The summed E-state index contributed by atoms with van der Waals surface area (Å²) in [6, 6.07) is 11.5. The predicted molar refractivity (Wildman–Crippen MR) is 107 cm³/mol. The summed E-state index contributed by atoms with van der Waals surface area (Å²) >= 11 is 0. The summed E-state index contributed by atoms with van der Waals surface area (Å²) < 4.78 is 5.42. The van der Waals surface area contributed by atoms with Gasteiger partial charge < -0.3 is 4.74 Å². The number of urea groups is 1. The third-order valence-electron chi connectivity index (χ3n) is 4.25. The summed E-state index contributed by atoms with van der Waals surface area (Å²) in [6.45, 7) is 7.70. The van der Waals surface area contributed by atoms with E-state index in [1.54, 1.807) is 36.4 Å². The molecule has 0 saturated carbocycles. The maximum atomic E-state index is 12.9. The van der Waals surface area contributed by atoms with E-state index in [1.807, 2.05) is 26.0 Å². The molecule has 28 heavy (non-hydrogen) atoms. The second kappa shape index (κ2) is 7.92. The van der Waals surface area contributed by atoms with Gasteiger partial charge >= 0.3 is 6.03 Å². The van der Waals surface area contributed by atoms with Crippen LogP contribution in [0.3, 0.4) is 0 Å². The highest BCUT2D eigenvalue weighted by Crippen LogP contribution is 2.26. The minimum absolute atomic E-state index is 0.112. The highest BCUT2D eigenvalue weighted by atomic mass is 16.5. The summed E-state index contributed by atoms with van der Waals surface area (Å²) in [7, 11) is 0. The molecule has 1 fully saturated rings. The number of rotatable bonds is 5. The number of ether oxygens (including phenoxy) is 1. The van der Waals surface area contributed by atoms with Gasteiger partial charge in [0.25, 0.3) is 11.8 Å². The highest BCUT2D eigenvalue weighted by molar-refractivity contribution is 6.39. The van der Waals surface area contributed by atoms with Gasteiger partial charge in [0.1, 0.15) is 17.9 Å². The van der Waals surface area contributed by atoms with E-state index in [0.717, 1.165) is 16.0 Å². The van der Waals surface area contributed by atoms with Crippen LogP contribution < -0.4 is 15.0 Å². The fraction of sp³-hybridized carbons (Fsp3) is 0.136. The van der Waals surface area contributed by atoms with E-state index >= 15 is 0 Å². The van der Waals surface area contributed by atoms with Crippen molar-refractivity contribution in [3.63, 3.8) is 0 Å². The van der Waals surface area contributed by atoms with Crippen LogP contribution >= 0.6 is 0 Å². The Bertz CT molecular complexity index is 990. The van der Waals surface area contributed by atoms with Crippen LogP contribution in [0.1, 0.15) is 16.7 Å². The normalized spacial score (nSPS) is 15.6. The van der Waals surface area contributed by atoms with Gasteiger partial charge in [-0.25, -0.2) is 9.69 Å². The Kier molecular flexibility index (Phi) is 5.40. The van der Waals surface area contributed by atoms with E-state index in [4.69, 9.17) is 4.74 Å². The van der Waals surface area contributed by atoms with Crippen LogP contribution in [0.4, 0.5) is 10.5 Å². The maximum Gasteiger partial charge on any atom is 0.335 e. The van der Waals surface area contributed by atoms with Crippen molar-refractivity contribution >= 4 is 29.6 Å². The van der Waals surface area contributed by atoms with Gasteiger partial charge in [-0.2, -0.15) is 0 Å². The highest BCUT2D eigenvalue weighted by Gasteiger charge is 2.37. The first-order valence-electron chi connectivity index (χ1n) is 8.73. The first-order valence-corrected chi connectivity index (χ1v) is 8.73. The molecule has 1 heterocycles. The molecule has 6 nitrogen and oxygen atoms in total. The number of anilines is 1. The quantitative estimate of drug-likeness (QED) is 0.492. The van der Waals surface area contributed by atoms with E-state index in [2.05, 4.69) is 11.9 Å². The largest absolute Gasteiger partial charge is 0.490 e. The molecule has 4 amide bonds. The third-order valence-corrected chi connectivity index (χ3v) is 4.25. The minimum Gasteiger partial charge on any atom is -0.490 e. The van der Waals surface area contributed by atoms with E-state index in [0.29, 0.717) is 23.6 Å². The van der Waals surface area contributed by atoms with E-state index in [9.17, 15) is 14.4 Å². The molecule has 1 N–H and O–H groups in total. The van der Waals surface area contributed by atoms with Gasteiger partial charge in [-0.1, -0.05) is 42.5 Å². The minimum atomic E-state index is -0.757. The maximum absolute atomic E-state index is 12.9. The second-order valence-electron chi connectivity index (χ2n) is 6.42. The third kappa shape index (κ3) is 3.86. The summed E-state index contributed by atoms with van der Waals surface area (Å²) in [5, 5.41) is 2.23. The smallest absolute Gasteiger partial charge is 0.335 e. The van der Waals surface area contributed by atoms with Crippen LogP contribution in [-0.2, 0) is 9.59 Å². The summed E-state index contributed by atoms with van der Waals surface area (Å²) in [5.74, 6) is -0.732. The van der Waals surface area contributed by atoms with Gasteiger partial charge in [0.2, 0.25) is 0 Å². The summed E-state index contributed by atoms with van der Waals surface area (Å²) in [6.07, 6.45) is 3.09. The van der Waals surface area contributed by atoms with Crippen molar-refractivity contribution in [1.29, 1.82) is 0 Å². The molecule has 1 aliphatic heterocycles. The lowest BCUT2D eigenvalue weighted by Crippen LogP contribution is -2.54. The molecular weight excluding hydrogens is 356 g/mol. The molecule has 0 radical (unpaired) electrons. The zero-order chi connectivity index (χ0) is 20.3. The standard InChI is InChI=1S/C22H20N2O4/c1-4-11-28-17-8-6-16(7-9-17)13-18-20(25)23-22(27)24(21(18)26)19-10-5-14(2)12-15(19)3/h4-10,12-13H,1,11H2,2-3H3,(H,23,25,27)/b18-13+. The number of benzene rings is 2. The summed E-state index contributed by atoms with van der Waals surface area (Å²) in [5.41, 5.74) is 2.75. The first kappa shape index (κ1) is 19.1. The average molecular weight is 376 g/mol. The molecule has 1 aliphatic rings. The number of aryl methyl sites for hydroxylation is 2. The number of carbonyl (C=O) groups is 3. The monoisotopic (exact) mass is 376 g/mol. The molecule has 0 spiro atoms. The number of nitrogens with zero attached hydrogens (tertiary/aromatic N) is 1. The van der Waals surface area contributed by atoms with Crippen molar-refractivity contribution in [1.82, 2.24) is 5.32 Å². The molecule has 0 unspecified atom stereocenters. The fourth-order valence-corrected chi connectivity index (χ4v) is 2.91. The number of hydrogen-bond donors (Lipinski definition) is 1.